The van der Waals surface area contributed by atoms with Crippen LogP contribution in [-0.4, -0.2) is 36.0 Å². The first-order valence-corrected chi connectivity index (χ1v) is 8.83. The van der Waals surface area contributed by atoms with E-state index in [9.17, 15) is 4.79 Å². The molecule has 3 rings (SSSR count). The van der Waals surface area contributed by atoms with Crippen molar-refractivity contribution in [3.63, 3.8) is 0 Å². The van der Waals surface area contributed by atoms with E-state index < -0.39 is 0 Å². The van der Waals surface area contributed by atoms with Gasteiger partial charge < -0.3 is 15.4 Å². The zero-order valence-corrected chi connectivity index (χ0v) is 14.3. The van der Waals surface area contributed by atoms with Crippen LogP contribution < -0.4 is 10.5 Å². The second-order valence-electron chi connectivity index (χ2n) is 7.11. The highest BCUT2D eigenvalue weighted by Crippen LogP contribution is 2.28. The summed E-state index contributed by atoms with van der Waals surface area (Å²) < 4.78 is 6.18. The first-order chi connectivity index (χ1) is 11.0. The molecule has 1 heterocycles. The number of carbonyl (C=O) groups is 1. The molecule has 0 unspecified atom stereocenters. The lowest BCUT2D eigenvalue weighted by atomic mass is 10.00. The van der Waals surface area contributed by atoms with Crippen molar-refractivity contribution < 1.29 is 9.53 Å². The maximum Gasteiger partial charge on any atom is 0.227 e. The normalized spacial score (nSPS) is 25.6. The van der Waals surface area contributed by atoms with Gasteiger partial charge in [-0.05, 0) is 43.9 Å². The predicted octanol–water partition coefficient (Wildman–Crippen LogP) is 2.80. The summed E-state index contributed by atoms with van der Waals surface area (Å²) in [7, 11) is 0. The van der Waals surface area contributed by atoms with Crippen LogP contribution in [0.3, 0.4) is 0 Å². The topological polar surface area (TPSA) is 55.6 Å². The van der Waals surface area contributed by atoms with Crippen molar-refractivity contribution in [2.24, 2.45) is 11.7 Å². The van der Waals surface area contributed by atoms with E-state index in [0.717, 1.165) is 50.9 Å². The molecule has 0 radical (unpaired) electrons. The Labute approximate surface area is 139 Å². The SMILES string of the molecule is Cc1ccc(C)c(OC2CCN(C(=O)[C@H]3CCC[C@H]3N)CC2)c1. The number of hydrogen-bond donors (Lipinski definition) is 1. The van der Waals surface area contributed by atoms with Gasteiger partial charge in [0.1, 0.15) is 11.9 Å². The quantitative estimate of drug-likeness (QED) is 0.933. The number of benzene rings is 1. The third kappa shape index (κ3) is 3.69. The standard InChI is InChI=1S/C19H28N2O2/c1-13-6-7-14(2)18(12-13)23-15-8-10-21(11-9-15)19(22)16-4-3-5-17(16)20/h6-7,12,15-17H,3-5,8-11,20H2,1-2H3/t16-,17+/m0/s1. The molecule has 1 saturated carbocycles. The first kappa shape index (κ1) is 16.3. The minimum absolute atomic E-state index is 0.0477. The van der Waals surface area contributed by atoms with E-state index in [1.807, 2.05) is 4.90 Å². The molecule has 1 saturated heterocycles. The van der Waals surface area contributed by atoms with Gasteiger partial charge in [0.2, 0.25) is 5.91 Å². The van der Waals surface area contributed by atoms with Crippen molar-refractivity contribution in [2.45, 2.75) is 58.1 Å². The molecule has 2 fully saturated rings. The van der Waals surface area contributed by atoms with E-state index in [0.29, 0.717) is 0 Å². The summed E-state index contributed by atoms with van der Waals surface area (Å²) in [5.41, 5.74) is 8.46. The van der Waals surface area contributed by atoms with Crippen LogP contribution in [0.4, 0.5) is 0 Å². The number of nitrogens with two attached hydrogens (primary N) is 1. The van der Waals surface area contributed by atoms with E-state index in [2.05, 4.69) is 32.0 Å². The van der Waals surface area contributed by atoms with Gasteiger partial charge in [0.15, 0.2) is 0 Å². The fraction of sp³-hybridized carbons (Fsp3) is 0.632. The summed E-state index contributed by atoms with van der Waals surface area (Å²) in [6, 6.07) is 6.37. The molecule has 0 aromatic heterocycles. The predicted molar refractivity (Wildman–Crippen MR) is 91.5 cm³/mol. The van der Waals surface area contributed by atoms with Crippen LogP contribution in [0.5, 0.6) is 5.75 Å². The molecular formula is C19H28N2O2. The van der Waals surface area contributed by atoms with Gasteiger partial charge in [-0.1, -0.05) is 18.6 Å². The van der Waals surface area contributed by atoms with Gasteiger partial charge in [-0.2, -0.15) is 0 Å². The van der Waals surface area contributed by atoms with Crippen LogP contribution in [0, 0.1) is 19.8 Å². The van der Waals surface area contributed by atoms with Crippen LogP contribution in [0.2, 0.25) is 0 Å². The third-order valence-corrected chi connectivity index (χ3v) is 5.28. The van der Waals surface area contributed by atoms with Gasteiger partial charge in [-0.25, -0.2) is 0 Å². The lowest BCUT2D eigenvalue weighted by molar-refractivity contribution is -0.137. The lowest BCUT2D eigenvalue weighted by Gasteiger charge is -2.34. The highest BCUT2D eigenvalue weighted by atomic mass is 16.5. The van der Waals surface area contributed by atoms with Crippen molar-refractivity contribution in [3.8, 4) is 5.75 Å². The average Bonchev–Trinajstić information content (AvgIpc) is 2.97. The molecule has 2 aliphatic rings. The number of nitrogens with zero attached hydrogens (tertiary/aromatic N) is 1. The zero-order valence-electron chi connectivity index (χ0n) is 14.3. The van der Waals surface area contributed by atoms with E-state index in [-0.39, 0.29) is 24.0 Å². The van der Waals surface area contributed by atoms with E-state index >= 15 is 0 Å². The lowest BCUT2D eigenvalue weighted by Crippen LogP contribution is -2.47. The Morgan fingerprint density at radius 2 is 1.91 bits per heavy atom. The van der Waals surface area contributed by atoms with E-state index in [1.165, 1.54) is 11.1 Å². The Morgan fingerprint density at radius 1 is 1.17 bits per heavy atom. The molecule has 1 aliphatic carbocycles. The number of aryl methyl sites for hydroxylation is 2. The van der Waals surface area contributed by atoms with Crippen molar-refractivity contribution >= 4 is 5.91 Å². The molecule has 0 bridgehead atoms. The van der Waals surface area contributed by atoms with Crippen molar-refractivity contribution in [3.05, 3.63) is 29.3 Å². The molecular weight excluding hydrogens is 288 g/mol. The molecule has 1 aromatic rings. The summed E-state index contributed by atoms with van der Waals surface area (Å²) in [6.45, 7) is 5.74. The number of hydrogen-bond acceptors (Lipinski definition) is 3. The van der Waals surface area contributed by atoms with Crippen LogP contribution in [0.15, 0.2) is 18.2 Å². The molecule has 2 N–H and O–H groups in total. The number of piperidine rings is 1. The number of ether oxygens (including phenoxy) is 1. The van der Waals surface area contributed by atoms with Crippen molar-refractivity contribution in [2.75, 3.05) is 13.1 Å². The van der Waals surface area contributed by atoms with Gasteiger partial charge in [0.25, 0.3) is 0 Å². The van der Waals surface area contributed by atoms with Gasteiger partial charge in [0.05, 0.1) is 5.92 Å². The average molecular weight is 316 g/mol. The minimum atomic E-state index is 0.0477. The molecule has 1 aromatic carbocycles. The zero-order chi connectivity index (χ0) is 16.4. The number of carbonyl (C=O) groups excluding carboxylic acids is 1. The van der Waals surface area contributed by atoms with E-state index in [1.54, 1.807) is 0 Å². The summed E-state index contributed by atoms with van der Waals surface area (Å²) in [4.78, 5) is 14.6. The largest absolute Gasteiger partial charge is 0.490 e. The first-order valence-electron chi connectivity index (χ1n) is 8.83. The monoisotopic (exact) mass is 316 g/mol. The molecule has 1 aliphatic heterocycles. The molecule has 23 heavy (non-hydrogen) atoms. The van der Waals surface area contributed by atoms with Gasteiger partial charge in [0, 0.05) is 32.0 Å². The Bertz CT molecular complexity index is 564. The van der Waals surface area contributed by atoms with Crippen LogP contribution in [0.25, 0.3) is 0 Å². The Kier molecular flexibility index (Phi) is 4.90. The number of amides is 1. The summed E-state index contributed by atoms with van der Waals surface area (Å²) in [5, 5.41) is 0. The second-order valence-corrected chi connectivity index (χ2v) is 7.11. The Balaban J connectivity index is 1.54. The van der Waals surface area contributed by atoms with Crippen LogP contribution in [-0.2, 0) is 4.79 Å². The smallest absolute Gasteiger partial charge is 0.227 e. The highest BCUT2D eigenvalue weighted by molar-refractivity contribution is 5.80. The number of likely N-dealkylation sites (tertiary alicyclic amines) is 1. The van der Waals surface area contributed by atoms with Crippen LogP contribution in [0.1, 0.15) is 43.2 Å². The number of rotatable bonds is 3. The second kappa shape index (κ2) is 6.91. The molecule has 0 spiro atoms. The Hall–Kier alpha value is -1.55. The van der Waals surface area contributed by atoms with E-state index in [4.69, 9.17) is 10.5 Å². The fourth-order valence-electron chi connectivity index (χ4n) is 3.74. The summed E-state index contributed by atoms with van der Waals surface area (Å²) in [5.74, 6) is 1.29. The van der Waals surface area contributed by atoms with Crippen molar-refractivity contribution in [1.29, 1.82) is 0 Å². The Morgan fingerprint density at radius 3 is 2.57 bits per heavy atom. The third-order valence-electron chi connectivity index (χ3n) is 5.28. The molecule has 4 nitrogen and oxygen atoms in total. The van der Waals surface area contributed by atoms with Gasteiger partial charge in [-0.15, -0.1) is 0 Å². The maximum atomic E-state index is 12.6. The summed E-state index contributed by atoms with van der Waals surface area (Å²) >= 11 is 0. The van der Waals surface area contributed by atoms with Gasteiger partial charge in [-0.3, -0.25) is 4.79 Å². The molecule has 4 heteroatoms. The summed E-state index contributed by atoms with van der Waals surface area (Å²) in [6.07, 6.45) is 5.05. The minimum Gasteiger partial charge on any atom is -0.490 e. The molecule has 126 valence electrons. The molecule has 1 amide bonds. The fourth-order valence-corrected chi connectivity index (χ4v) is 3.74. The maximum absolute atomic E-state index is 12.6. The highest BCUT2D eigenvalue weighted by Gasteiger charge is 2.35. The van der Waals surface area contributed by atoms with Gasteiger partial charge >= 0.3 is 0 Å². The van der Waals surface area contributed by atoms with Crippen LogP contribution >= 0.6 is 0 Å². The molecule has 2 atom stereocenters. The van der Waals surface area contributed by atoms with Crippen molar-refractivity contribution in [1.82, 2.24) is 4.90 Å².